The maximum absolute atomic E-state index is 10.5. The molecule has 0 rings (SSSR count). The molecule has 0 fully saturated rings. The molecular weight excluding hydrogens is 155 g/mol. The number of Topliss-reactive ketones (excluding diaryl/α,β-unsaturated/α-hetero) is 1. The molecule has 0 radical (unpaired) electrons. The molecule has 5 heteroatoms. The van der Waals surface area contributed by atoms with Gasteiger partial charge in [-0.3, -0.25) is 9.36 Å². The van der Waals surface area contributed by atoms with Gasteiger partial charge in [-0.15, -0.1) is 6.58 Å². The Kier molecular flexibility index (Phi) is 3.50. The SMILES string of the molecule is C=CCC(=O)CP(=O)(O)O. The zero-order valence-corrected chi connectivity index (χ0v) is 6.25. The van der Waals surface area contributed by atoms with Crippen molar-refractivity contribution in [3.8, 4) is 0 Å². The molecule has 0 atom stereocenters. The standard InChI is InChI=1S/C5H9O4P/c1-2-3-5(6)4-10(7,8)9/h2H,1,3-4H2,(H2,7,8,9). The summed E-state index contributed by atoms with van der Waals surface area (Å²) < 4.78 is 10.2. The number of rotatable bonds is 4. The zero-order valence-electron chi connectivity index (χ0n) is 5.36. The Hall–Kier alpha value is -0.440. The van der Waals surface area contributed by atoms with Gasteiger partial charge < -0.3 is 9.79 Å². The maximum atomic E-state index is 10.5. The summed E-state index contributed by atoms with van der Waals surface area (Å²) >= 11 is 0. The van der Waals surface area contributed by atoms with E-state index in [0.717, 1.165) is 0 Å². The van der Waals surface area contributed by atoms with Crippen LogP contribution < -0.4 is 0 Å². The van der Waals surface area contributed by atoms with Gasteiger partial charge in [0, 0.05) is 6.42 Å². The third-order valence-corrected chi connectivity index (χ3v) is 1.52. The van der Waals surface area contributed by atoms with Gasteiger partial charge in [0.25, 0.3) is 0 Å². The van der Waals surface area contributed by atoms with Crippen molar-refractivity contribution in [3.63, 3.8) is 0 Å². The summed E-state index contributed by atoms with van der Waals surface area (Å²) in [5.41, 5.74) is 0. The van der Waals surface area contributed by atoms with E-state index >= 15 is 0 Å². The van der Waals surface area contributed by atoms with Gasteiger partial charge in [0.15, 0.2) is 0 Å². The highest BCUT2D eigenvalue weighted by atomic mass is 31.2. The Morgan fingerprint density at radius 2 is 2.10 bits per heavy atom. The second kappa shape index (κ2) is 3.66. The van der Waals surface area contributed by atoms with E-state index in [-0.39, 0.29) is 6.42 Å². The number of allylic oxidation sites excluding steroid dienone is 1. The van der Waals surface area contributed by atoms with Crippen LogP contribution in [-0.4, -0.2) is 21.7 Å². The molecule has 0 bridgehead atoms. The molecule has 0 saturated heterocycles. The van der Waals surface area contributed by atoms with Crippen LogP contribution in [0.3, 0.4) is 0 Å². The van der Waals surface area contributed by atoms with Crippen molar-refractivity contribution in [2.24, 2.45) is 0 Å². The molecule has 0 heterocycles. The van der Waals surface area contributed by atoms with Crippen LogP contribution in [0.1, 0.15) is 6.42 Å². The Bertz CT molecular complexity index is 180. The molecule has 0 aromatic heterocycles. The lowest BCUT2D eigenvalue weighted by Gasteiger charge is -1.99. The number of ketones is 1. The Morgan fingerprint density at radius 3 is 2.40 bits per heavy atom. The molecule has 0 saturated carbocycles. The van der Waals surface area contributed by atoms with Crippen molar-refractivity contribution in [3.05, 3.63) is 12.7 Å². The first-order valence-electron chi connectivity index (χ1n) is 2.63. The third-order valence-electron chi connectivity index (χ3n) is 0.754. The molecule has 0 unspecified atom stereocenters. The average molecular weight is 164 g/mol. The first kappa shape index (κ1) is 9.56. The highest BCUT2D eigenvalue weighted by molar-refractivity contribution is 7.52. The van der Waals surface area contributed by atoms with Crippen LogP contribution in [-0.2, 0) is 9.36 Å². The van der Waals surface area contributed by atoms with Gasteiger partial charge in [0.1, 0.15) is 11.9 Å². The Balaban J connectivity index is 3.80. The number of carbonyl (C=O) groups is 1. The van der Waals surface area contributed by atoms with E-state index in [9.17, 15) is 9.36 Å². The van der Waals surface area contributed by atoms with E-state index in [1.54, 1.807) is 0 Å². The average Bonchev–Trinajstić information content (AvgIpc) is 1.59. The molecule has 0 aromatic rings. The van der Waals surface area contributed by atoms with E-state index < -0.39 is 19.5 Å². The number of carbonyl (C=O) groups excluding carboxylic acids is 1. The van der Waals surface area contributed by atoms with Gasteiger partial charge in [-0.05, 0) is 0 Å². The second-order valence-corrected chi connectivity index (χ2v) is 3.50. The van der Waals surface area contributed by atoms with Crippen LogP contribution >= 0.6 is 7.60 Å². The quantitative estimate of drug-likeness (QED) is 0.463. The van der Waals surface area contributed by atoms with Gasteiger partial charge in [0.05, 0.1) is 0 Å². The summed E-state index contributed by atoms with van der Waals surface area (Å²) in [6, 6.07) is 0. The lowest BCUT2D eigenvalue weighted by Crippen LogP contribution is -2.02. The molecule has 58 valence electrons. The summed E-state index contributed by atoms with van der Waals surface area (Å²) in [7, 11) is -4.15. The van der Waals surface area contributed by atoms with Crippen LogP contribution in [0.15, 0.2) is 12.7 Å². The fourth-order valence-electron chi connectivity index (χ4n) is 0.455. The summed E-state index contributed by atoms with van der Waals surface area (Å²) in [6.45, 7) is 3.26. The van der Waals surface area contributed by atoms with Crippen molar-refractivity contribution in [2.45, 2.75) is 6.42 Å². The van der Waals surface area contributed by atoms with Crippen LogP contribution in [0.2, 0.25) is 0 Å². The monoisotopic (exact) mass is 164 g/mol. The highest BCUT2D eigenvalue weighted by Crippen LogP contribution is 2.34. The topological polar surface area (TPSA) is 74.6 Å². The minimum atomic E-state index is -4.15. The van der Waals surface area contributed by atoms with Gasteiger partial charge in [-0.2, -0.15) is 0 Å². The molecule has 0 amide bonds. The first-order valence-corrected chi connectivity index (χ1v) is 4.42. The van der Waals surface area contributed by atoms with Crippen LogP contribution in [0.4, 0.5) is 0 Å². The third kappa shape index (κ3) is 5.69. The van der Waals surface area contributed by atoms with Crippen LogP contribution in [0.5, 0.6) is 0 Å². The van der Waals surface area contributed by atoms with E-state index in [1.165, 1.54) is 6.08 Å². The summed E-state index contributed by atoms with van der Waals surface area (Å²) in [5.74, 6) is -0.483. The van der Waals surface area contributed by atoms with E-state index in [4.69, 9.17) is 9.79 Å². The van der Waals surface area contributed by atoms with Gasteiger partial charge >= 0.3 is 7.60 Å². The summed E-state index contributed by atoms with van der Waals surface area (Å²) in [6.07, 6.45) is 0.655. The smallest absolute Gasteiger partial charge is 0.324 e. The van der Waals surface area contributed by atoms with Crippen molar-refractivity contribution in [1.29, 1.82) is 0 Å². The van der Waals surface area contributed by atoms with Gasteiger partial charge in [-0.1, -0.05) is 6.08 Å². The molecule has 10 heavy (non-hydrogen) atoms. The van der Waals surface area contributed by atoms with Gasteiger partial charge in [0.2, 0.25) is 0 Å². The molecular formula is C5H9O4P. The molecule has 0 aromatic carbocycles. The first-order chi connectivity index (χ1) is 4.45. The molecule has 0 aliphatic carbocycles. The largest absolute Gasteiger partial charge is 0.332 e. The van der Waals surface area contributed by atoms with Crippen molar-refractivity contribution in [2.75, 3.05) is 6.16 Å². The van der Waals surface area contributed by atoms with E-state index in [2.05, 4.69) is 6.58 Å². The minimum Gasteiger partial charge on any atom is -0.324 e. The minimum absolute atomic E-state index is 0.0190. The normalized spacial score (nSPS) is 11.0. The molecule has 2 N–H and O–H groups in total. The Labute approximate surface area is 58.7 Å². The van der Waals surface area contributed by atoms with Gasteiger partial charge in [-0.25, -0.2) is 0 Å². The molecule has 4 nitrogen and oxygen atoms in total. The fraction of sp³-hybridized carbons (Fsp3) is 0.400. The predicted molar refractivity (Wildman–Crippen MR) is 36.7 cm³/mol. The fourth-order valence-corrected chi connectivity index (χ4v) is 1.04. The van der Waals surface area contributed by atoms with Crippen molar-refractivity contribution >= 4 is 13.4 Å². The predicted octanol–water partition coefficient (Wildman–Crippen LogP) is 0.309. The van der Waals surface area contributed by atoms with Crippen molar-refractivity contribution < 1.29 is 19.1 Å². The Morgan fingerprint density at radius 1 is 1.60 bits per heavy atom. The highest BCUT2D eigenvalue weighted by Gasteiger charge is 2.17. The van der Waals surface area contributed by atoms with E-state index in [1.807, 2.05) is 0 Å². The second-order valence-electron chi connectivity index (χ2n) is 1.85. The van der Waals surface area contributed by atoms with E-state index in [0.29, 0.717) is 0 Å². The summed E-state index contributed by atoms with van der Waals surface area (Å²) in [5, 5.41) is 0. The summed E-state index contributed by atoms with van der Waals surface area (Å²) in [4.78, 5) is 27.0. The maximum Gasteiger partial charge on any atom is 0.332 e. The van der Waals surface area contributed by atoms with Crippen LogP contribution in [0.25, 0.3) is 0 Å². The van der Waals surface area contributed by atoms with Crippen molar-refractivity contribution in [1.82, 2.24) is 0 Å². The molecule has 0 spiro atoms. The molecule has 0 aliphatic rings. The number of hydrogen-bond donors (Lipinski definition) is 2. The lowest BCUT2D eigenvalue weighted by atomic mass is 10.3. The number of hydrogen-bond acceptors (Lipinski definition) is 2. The molecule has 0 aliphatic heterocycles. The zero-order chi connectivity index (χ0) is 8.20. The lowest BCUT2D eigenvalue weighted by molar-refractivity contribution is -0.116. The van der Waals surface area contributed by atoms with Crippen LogP contribution in [0, 0.1) is 0 Å².